The Bertz CT molecular complexity index is 372. The predicted octanol–water partition coefficient (Wildman–Crippen LogP) is 2.48. The lowest BCUT2D eigenvalue weighted by Gasteiger charge is -2.34. The molecule has 1 saturated carbocycles. The van der Waals surface area contributed by atoms with Crippen LogP contribution < -0.4 is 10.6 Å². The molecule has 0 spiro atoms. The van der Waals surface area contributed by atoms with Gasteiger partial charge in [0.05, 0.1) is 0 Å². The summed E-state index contributed by atoms with van der Waals surface area (Å²) in [7, 11) is 0. The minimum atomic E-state index is 0.573. The molecule has 1 aromatic heterocycles. The minimum Gasteiger partial charge on any atom is -0.371 e. The predicted molar refractivity (Wildman–Crippen MR) is 72.1 cm³/mol. The molecule has 0 saturated heterocycles. The Kier molecular flexibility index (Phi) is 4.00. The maximum atomic E-state index is 5.80. The largest absolute Gasteiger partial charge is 0.371 e. The molecule has 0 aromatic carbocycles. The Balaban J connectivity index is 2.18. The number of aromatic nitrogens is 1. The van der Waals surface area contributed by atoms with Crippen LogP contribution in [0, 0.1) is 12.8 Å². The zero-order valence-electron chi connectivity index (χ0n) is 10.9. The molecule has 1 aromatic rings. The summed E-state index contributed by atoms with van der Waals surface area (Å²) < 4.78 is 0. The van der Waals surface area contributed by atoms with Crippen LogP contribution in [0.1, 0.15) is 37.4 Å². The second kappa shape index (κ2) is 5.50. The van der Waals surface area contributed by atoms with Gasteiger partial charge >= 0.3 is 0 Å². The summed E-state index contributed by atoms with van der Waals surface area (Å²) >= 11 is 0. The van der Waals surface area contributed by atoms with Crippen molar-refractivity contribution in [3.63, 3.8) is 0 Å². The Morgan fingerprint density at radius 2 is 2.24 bits per heavy atom. The summed E-state index contributed by atoms with van der Waals surface area (Å²) in [5.74, 6) is 0.883. The number of anilines is 1. The maximum Gasteiger partial charge on any atom is 0.0445 e. The molecule has 0 aliphatic heterocycles. The third-order valence-electron chi connectivity index (χ3n) is 3.74. The molecule has 1 fully saturated rings. The monoisotopic (exact) mass is 233 g/mol. The van der Waals surface area contributed by atoms with Gasteiger partial charge in [-0.2, -0.15) is 0 Å². The molecule has 0 bridgehead atoms. The van der Waals surface area contributed by atoms with Crippen LogP contribution in [0.3, 0.4) is 0 Å². The molecule has 94 valence electrons. The normalized spacial score (nSPS) is 15.7. The van der Waals surface area contributed by atoms with E-state index in [4.69, 9.17) is 5.73 Å². The first-order chi connectivity index (χ1) is 8.24. The van der Waals surface area contributed by atoms with E-state index in [1.807, 2.05) is 13.1 Å². The SMILES string of the molecule is CCN(CC1CCC1)c1cc(C)ncc1CN. The van der Waals surface area contributed by atoms with Crippen molar-refractivity contribution in [3.8, 4) is 0 Å². The summed E-state index contributed by atoms with van der Waals surface area (Å²) in [5.41, 5.74) is 9.33. The lowest BCUT2D eigenvalue weighted by atomic mass is 9.85. The Morgan fingerprint density at radius 3 is 2.76 bits per heavy atom. The standard InChI is InChI=1S/C14H23N3/c1-3-17(10-12-5-4-6-12)14-7-11(2)16-9-13(14)8-15/h7,9,12H,3-6,8,10,15H2,1-2H3. The van der Waals surface area contributed by atoms with Crippen LogP contribution in [0.4, 0.5) is 5.69 Å². The number of hydrogen-bond donors (Lipinski definition) is 1. The average Bonchev–Trinajstić information content (AvgIpc) is 2.28. The van der Waals surface area contributed by atoms with Crippen molar-refractivity contribution < 1.29 is 0 Å². The highest BCUT2D eigenvalue weighted by Crippen LogP contribution is 2.30. The van der Waals surface area contributed by atoms with Gasteiger partial charge in [-0.15, -0.1) is 0 Å². The van der Waals surface area contributed by atoms with Gasteiger partial charge in [0.2, 0.25) is 0 Å². The molecule has 0 radical (unpaired) electrons. The highest BCUT2D eigenvalue weighted by molar-refractivity contribution is 5.53. The topological polar surface area (TPSA) is 42.2 Å². The number of aryl methyl sites for hydroxylation is 1. The van der Waals surface area contributed by atoms with Crippen LogP contribution in [0.25, 0.3) is 0 Å². The molecular formula is C14H23N3. The Hall–Kier alpha value is -1.09. The van der Waals surface area contributed by atoms with Crippen LogP contribution in [0.5, 0.6) is 0 Å². The number of pyridine rings is 1. The average molecular weight is 233 g/mol. The molecular weight excluding hydrogens is 210 g/mol. The lowest BCUT2D eigenvalue weighted by molar-refractivity contribution is 0.318. The number of nitrogens with zero attached hydrogens (tertiary/aromatic N) is 2. The maximum absolute atomic E-state index is 5.80. The molecule has 17 heavy (non-hydrogen) atoms. The molecule has 1 aliphatic carbocycles. The molecule has 2 N–H and O–H groups in total. The fourth-order valence-electron chi connectivity index (χ4n) is 2.41. The van der Waals surface area contributed by atoms with Crippen molar-refractivity contribution in [2.24, 2.45) is 11.7 Å². The molecule has 2 rings (SSSR count). The van der Waals surface area contributed by atoms with Gasteiger partial charge < -0.3 is 10.6 Å². The molecule has 0 amide bonds. The first-order valence-corrected chi connectivity index (χ1v) is 6.65. The highest BCUT2D eigenvalue weighted by Gasteiger charge is 2.21. The van der Waals surface area contributed by atoms with Crippen LogP contribution in [0.15, 0.2) is 12.3 Å². The summed E-state index contributed by atoms with van der Waals surface area (Å²) in [6, 6.07) is 2.17. The van der Waals surface area contributed by atoms with E-state index in [2.05, 4.69) is 22.9 Å². The summed E-state index contributed by atoms with van der Waals surface area (Å²) in [4.78, 5) is 6.79. The molecule has 0 atom stereocenters. The van der Waals surface area contributed by atoms with Crippen molar-refractivity contribution in [1.82, 2.24) is 4.98 Å². The van der Waals surface area contributed by atoms with Crippen LogP contribution >= 0.6 is 0 Å². The van der Waals surface area contributed by atoms with Gasteiger partial charge in [-0.3, -0.25) is 4.98 Å². The quantitative estimate of drug-likeness (QED) is 0.849. The smallest absolute Gasteiger partial charge is 0.0445 e. The van der Waals surface area contributed by atoms with Gasteiger partial charge in [-0.05, 0) is 38.7 Å². The van der Waals surface area contributed by atoms with E-state index in [0.717, 1.165) is 23.7 Å². The highest BCUT2D eigenvalue weighted by atomic mass is 15.1. The van der Waals surface area contributed by atoms with Crippen molar-refractivity contribution in [2.75, 3.05) is 18.0 Å². The van der Waals surface area contributed by atoms with Crippen molar-refractivity contribution >= 4 is 5.69 Å². The van der Waals surface area contributed by atoms with E-state index < -0.39 is 0 Å². The third kappa shape index (κ3) is 2.78. The molecule has 1 heterocycles. The van der Waals surface area contributed by atoms with Gasteiger partial charge in [-0.25, -0.2) is 0 Å². The van der Waals surface area contributed by atoms with Gasteiger partial charge in [-0.1, -0.05) is 6.42 Å². The zero-order chi connectivity index (χ0) is 12.3. The van der Waals surface area contributed by atoms with Gasteiger partial charge in [0.15, 0.2) is 0 Å². The van der Waals surface area contributed by atoms with Crippen LogP contribution in [0.2, 0.25) is 0 Å². The van der Waals surface area contributed by atoms with E-state index in [0.29, 0.717) is 6.54 Å². The second-order valence-electron chi connectivity index (χ2n) is 4.99. The molecule has 0 unspecified atom stereocenters. The minimum absolute atomic E-state index is 0.573. The van der Waals surface area contributed by atoms with Crippen molar-refractivity contribution in [3.05, 3.63) is 23.5 Å². The van der Waals surface area contributed by atoms with E-state index in [9.17, 15) is 0 Å². The summed E-state index contributed by atoms with van der Waals surface area (Å²) in [6.07, 6.45) is 6.10. The molecule has 3 heteroatoms. The van der Waals surface area contributed by atoms with Gasteiger partial charge in [0, 0.05) is 42.8 Å². The van der Waals surface area contributed by atoms with Crippen molar-refractivity contribution in [2.45, 2.75) is 39.7 Å². The fraction of sp³-hybridized carbons (Fsp3) is 0.643. The number of nitrogens with two attached hydrogens (primary N) is 1. The van der Waals surface area contributed by atoms with E-state index in [1.54, 1.807) is 0 Å². The summed E-state index contributed by atoms with van der Waals surface area (Å²) in [5, 5.41) is 0. The lowest BCUT2D eigenvalue weighted by Crippen LogP contribution is -2.33. The van der Waals surface area contributed by atoms with Gasteiger partial charge in [0.1, 0.15) is 0 Å². The molecule has 3 nitrogen and oxygen atoms in total. The second-order valence-corrected chi connectivity index (χ2v) is 4.99. The third-order valence-corrected chi connectivity index (χ3v) is 3.74. The van der Waals surface area contributed by atoms with Crippen LogP contribution in [-0.2, 0) is 6.54 Å². The van der Waals surface area contributed by atoms with E-state index >= 15 is 0 Å². The summed E-state index contributed by atoms with van der Waals surface area (Å²) in [6.45, 7) is 7.05. The number of hydrogen-bond acceptors (Lipinski definition) is 3. The van der Waals surface area contributed by atoms with Gasteiger partial charge in [0.25, 0.3) is 0 Å². The fourth-order valence-corrected chi connectivity index (χ4v) is 2.41. The Labute approximate surface area is 104 Å². The van der Waals surface area contributed by atoms with E-state index in [-0.39, 0.29) is 0 Å². The number of rotatable bonds is 5. The molecule has 1 aliphatic rings. The first kappa shape index (κ1) is 12.4. The van der Waals surface area contributed by atoms with Crippen molar-refractivity contribution in [1.29, 1.82) is 0 Å². The first-order valence-electron chi connectivity index (χ1n) is 6.65. The van der Waals surface area contributed by atoms with E-state index in [1.165, 1.54) is 31.5 Å². The zero-order valence-corrected chi connectivity index (χ0v) is 10.9. The van der Waals surface area contributed by atoms with Crippen LogP contribution in [-0.4, -0.2) is 18.1 Å². The Morgan fingerprint density at radius 1 is 1.47 bits per heavy atom.